The number of aromatic nitrogens is 2. The molecule has 2 heterocycles. The van der Waals surface area contributed by atoms with Crippen LogP contribution in [0.5, 0.6) is 0 Å². The van der Waals surface area contributed by atoms with Gasteiger partial charge in [0.2, 0.25) is 0 Å². The summed E-state index contributed by atoms with van der Waals surface area (Å²) < 4.78 is 1.87. The van der Waals surface area contributed by atoms with Gasteiger partial charge in [-0.15, -0.1) is 12.4 Å². The van der Waals surface area contributed by atoms with Crippen molar-refractivity contribution in [1.29, 1.82) is 0 Å². The molecule has 0 radical (unpaired) electrons. The maximum atomic E-state index is 10.7. The molecular formula is C17H20ClN3O2. The average molecular weight is 334 g/mol. The van der Waals surface area contributed by atoms with Gasteiger partial charge in [-0.2, -0.15) is 5.10 Å². The third-order valence-electron chi connectivity index (χ3n) is 3.90. The highest BCUT2D eigenvalue weighted by molar-refractivity contribution is 5.85. The largest absolute Gasteiger partial charge is 0.480 e. The maximum Gasteiger partial charge on any atom is 0.317 e. The van der Waals surface area contributed by atoms with Crippen molar-refractivity contribution in [2.45, 2.75) is 13.3 Å². The summed E-state index contributed by atoms with van der Waals surface area (Å²) in [7, 11) is 0. The molecule has 2 aromatic rings. The van der Waals surface area contributed by atoms with E-state index in [0.717, 1.165) is 24.2 Å². The van der Waals surface area contributed by atoms with Gasteiger partial charge >= 0.3 is 5.97 Å². The molecular weight excluding hydrogens is 314 g/mol. The van der Waals surface area contributed by atoms with Gasteiger partial charge in [0.25, 0.3) is 0 Å². The first-order valence-electron chi connectivity index (χ1n) is 7.37. The summed E-state index contributed by atoms with van der Waals surface area (Å²) in [6, 6.07) is 8.24. The number of hydrogen-bond donors (Lipinski definition) is 1. The lowest BCUT2D eigenvalue weighted by Gasteiger charge is -2.24. The Bertz CT molecular complexity index is 707. The molecule has 6 heteroatoms. The van der Waals surface area contributed by atoms with Crippen LogP contribution in [0.1, 0.15) is 17.5 Å². The molecule has 1 aromatic heterocycles. The molecule has 122 valence electrons. The Morgan fingerprint density at radius 2 is 2.04 bits per heavy atom. The summed E-state index contributed by atoms with van der Waals surface area (Å²) in [6.07, 6.45) is 6.86. The molecule has 0 aliphatic carbocycles. The van der Waals surface area contributed by atoms with Crippen LogP contribution in [0.15, 0.2) is 42.7 Å². The zero-order valence-corrected chi connectivity index (χ0v) is 13.8. The van der Waals surface area contributed by atoms with E-state index >= 15 is 0 Å². The molecule has 1 aromatic carbocycles. The van der Waals surface area contributed by atoms with Crippen molar-refractivity contribution in [3.63, 3.8) is 0 Å². The van der Waals surface area contributed by atoms with E-state index in [9.17, 15) is 4.79 Å². The second kappa shape index (κ2) is 7.44. The smallest absolute Gasteiger partial charge is 0.317 e. The highest BCUT2D eigenvalue weighted by Crippen LogP contribution is 2.22. The number of aliphatic carboxylic acids is 1. The molecule has 0 fully saturated rings. The first kappa shape index (κ1) is 17.2. The first-order chi connectivity index (χ1) is 10.6. The Morgan fingerprint density at radius 3 is 2.65 bits per heavy atom. The number of nitrogens with zero attached hydrogens (tertiary/aromatic N) is 3. The molecule has 1 N–H and O–H groups in total. The van der Waals surface area contributed by atoms with Crippen molar-refractivity contribution < 1.29 is 9.90 Å². The van der Waals surface area contributed by atoms with Gasteiger partial charge in [0.05, 0.1) is 18.4 Å². The second-order valence-corrected chi connectivity index (χ2v) is 5.62. The SMILES string of the molecule is Cc1ccc(-n2cc(C3=CCN(CC(=O)O)CC3)cn2)cc1.Cl. The Kier molecular flexibility index (Phi) is 5.58. The van der Waals surface area contributed by atoms with E-state index < -0.39 is 5.97 Å². The van der Waals surface area contributed by atoms with Crippen LogP contribution in [0.3, 0.4) is 0 Å². The Balaban J connectivity index is 0.00000192. The molecule has 1 aliphatic rings. The molecule has 0 unspecified atom stereocenters. The fourth-order valence-electron chi connectivity index (χ4n) is 2.64. The van der Waals surface area contributed by atoms with E-state index in [1.165, 1.54) is 11.1 Å². The average Bonchev–Trinajstić information content (AvgIpc) is 2.98. The van der Waals surface area contributed by atoms with E-state index in [0.29, 0.717) is 6.54 Å². The summed E-state index contributed by atoms with van der Waals surface area (Å²) in [6.45, 7) is 3.62. The maximum absolute atomic E-state index is 10.7. The van der Waals surface area contributed by atoms with Crippen LogP contribution in [0.4, 0.5) is 0 Å². The lowest BCUT2D eigenvalue weighted by atomic mass is 10.0. The van der Waals surface area contributed by atoms with E-state index in [4.69, 9.17) is 5.11 Å². The van der Waals surface area contributed by atoms with E-state index in [2.05, 4.69) is 42.4 Å². The number of carboxylic acid groups (broad SMARTS) is 1. The van der Waals surface area contributed by atoms with Gasteiger partial charge in [-0.1, -0.05) is 23.8 Å². The zero-order valence-electron chi connectivity index (χ0n) is 13.0. The molecule has 0 spiro atoms. The van der Waals surface area contributed by atoms with Crippen LogP contribution >= 0.6 is 12.4 Å². The van der Waals surface area contributed by atoms with Crippen LogP contribution in [0, 0.1) is 6.92 Å². The minimum atomic E-state index is -0.774. The molecule has 23 heavy (non-hydrogen) atoms. The Morgan fingerprint density at radius 1 is 1.30 bits per heavy atom. The highest BCUT2D eigenvalue weighted by atomic mass is 35.5. The summed E-state index contributed by atoms with van der Waals surface area (Å²) >= 11 is 0. The molecule has 0 atom stereocenters. The van der Waals surface area contributed by atoms with Crippen LogP contribution in [-0.4, -0.2) is 45.4 Å². The van der Waals surface area contributed by atoms with Gasteiger partial charge in [-0.25, -0.2) is 4.68 Å². The number of rotatable bonds is 4. The quantitative estimate of drug-likeness (QED) is 0.934. The predicted octanol–water partition coefficient (Wildman–Crippen LogP) is 2.78. The number of carboxylic acids is 1. The number of hydrogen-bond acceptors (Lipinski definition) is 3. The molecule has 0 saturated carbocycles. The van der Waals surface area contributed by atoms with Gasteiger partial charge in [0.15, 0.2) is 0 Å². The molecule has 0 amide bonds. The number of aryl methyl sites for hydroxylation is 1. The molecule has 5 nitrogen and oxygen atoms in total. The minimum absolute atomic E-state index is 0. The summed E-state index contributed by atoms with van der Waals surface area (Å²) in [5.74, 6) is -0.774. The lowest BCUT2D eigenvalue weighted by molar-refractivity contribution is -0.138. The Hall–Kier alpha value is -2.11. The normalized spacial score (nSPS) is 14.9. The van der Waals surface area contributed by atoms with Crippen LogP contribution in [0.25, 0.3) is 11.3 Å². The van der Waals surface area contributed by atoms with Crippen molar-refractivity contribution in [3.05, 3.63) is 53.9 Å². The van der Waals surface area contributed by atoms with E-state index in [1.807, 2.05) is 22.0 Å². The highest BCUT2D eigenvalue weighted by Gasteiger charge is 2.16. The second-order valence-electron chi connectivity index (χ2n) is 5.62. The minimum Gasteiger partial charge on any atom is -0.480 e. The van der Waals surface area contributed by atoms with Crippen LogP contribution in [-0.2, 0) is 4.79 Å². The Labute approximate surface area is 141 Å². The lowest BCUT2D eigenvalue weighted by Crippen LogP contribution is -2.33. The van der Waals surface area contributed by atoms with Crippen molar-refractivity contribution in [2.75, 3.05) is 19.6 Å². The molecule has 1 aliphatic heterocycles. The fraction of sp³-hybridized carbons (Fsp3) is 0.294. The van der Waals surface area contributed by atoms with Crippen LogP contribution < -0.4 is 0 Å². The van der Waals surface area contributed by atoms with Gasteiger partial charge in [0.1, 0.15) is 0 Å². The zero-order chi connectivity index (χ0) is 15.5. The fourth-order valence-corrected chi connectivity index (χ4v) is 2.64. The van der Waals surface area contributed by atoms with E-state index in [-0.39, 0.29) is 19.0 Å². The van der Waals surface area contributed by atoms with E-state index in [1.54, 1.807) is 0 Å². The summed E-state index contributed by atoms with van der Waals surface area (Å²) in [4.78, 5) is 12.7. The van der Waals surface area contributed by atoms with Gasteiger partial charge < -0.3 is 5.11 Å². The standard InChI is InChI=1S/C17H19N3O2.ClH/c1-13-2-4-16(5-3-13)20-11-15(10-18-20)14-6-8-19(9-7-14)12-17(21)22;/h2-6,10-11H,7-9,12H2,1H3,(H,21,22);1H. The molecule has 0 saturated heterocycles. The molecule has 0 bridgehead atoms. The topological polar surface area (TPSA) is 58.4 Å². The number of halogens is 1. The predicted molar refractivity (Wildman–Crippen MR) is 92.2 cm³/mol. The van der Waals surface area contributed by atoms with Crippen LogP contribution in [0.2, 0.25) is 0 Å². The molecule has 3 rings (SSSR count). The van der Waals surface area contributed by atoms with Crippen molar-refractivity contribution >= 4 is 23.9 Å². The summed E-state index contributed by atoms with van der Waals surface area (Å²) in [5.41, 5.74) is 4.61. The third kappa shape index (κ3) is 4.21. The monoisotopic (exact) mass is 333 g/mol. The number of benzene rings is 1. The van der Waals surface area contributed by atoms with Gasteiger partial charge in [0, 0.05) is 24.8 Å². The van der Waals surface area contributed by atoms with Crippen molar-refractivity contribution in [1.82, 2.24) is 14.7 Å². The first-order valence-corrected chi connectivity index (χ1v) is 7.37. The third-order valence-corrected chi connectivity index (χ3v) is 3.90. The summed E-state index contributed by atoms with van der Waals surface area (Å²) in [5, 5.41) is 13.2. The van der Waals surface area contributed by atoms with Gasteiger partial charge in [-0.3, -0.25) is 9.69 Å². The van der Waals surface area contributed by atoms with Gasteiger partial charge in [-0.05, 0) is 31.1 Å². The van der Waals surface area contributed by atoms with Crippen molar-refractivity contribution in [2.24, 2.45) is 0 Å². The number of carbonyl (C=O) groups is 1. The van der Waals surface area contributed by atoms with Crippen molar-refractivity contribution in [3.8, 4) is 5.69 Å².